The number of carboxylic acid groups (broad SMARTS) is 1. The van der Waals surface area contributed by atoms with E-state index in [4.69, 9.17) is 0 Å². The minimum atomic E-state index is -1.10. The van der Waals surface area contributed by atoms with Gasteiger partial charge in [-0.05, 0) is 30.2 Å². The summed E-state index contributed by atoms with van der Waals surface area (Å²) < 4.78 is 0. The lowest BCUT2D eigenvalue weighted by atomic mass is 9.82. The fourth-order valence-corrected chi connectivity index (χ4v) is 3.59. The Morgan fingerprint density at radius 2 is 1.76 bits per heavy atom. The van der Waals surface area contributed by atoms with Crippen LogP contribution in [0.25, 0.3) is 0 Å². The molecule has 4 atom stereocenters. The molecule has 110 valence electrons. The normalized spacial score (nSPS) is 29.5. The van der Waals surface area contributed by atoms with Crippen molar-refractivity contribution in [2.75, 3.05) is 6.54 Å². The summed E-state index contributed by atoms with van der Waals surface area (Å²) in [6.45, 7) is 0.528. The zero-order valence-corrected chi connectivity index (χ0v) is 11.7. The lowest BCUT2D eigenvalue weighted by Gasteiger charge is -2.27. The second-order valence-electron chi connectivity index (χ2n) is 5.85. The molecule has 1 amide bonds. The van der Waals surface area contributed by atoms with Crippen LogP contribution in [0.5, 0.6) is 0 Å². The van der Waals surface area contributed by atoms with Crippen molar-refractivity contribution in [3.63, 3.8) is 0 Å². The molecule has 4 heteroatoms. The van der Waals surface area contributed by atoms with Crippen LogP contribution in [-0.4, -0.2) is 18.4 Å². The zero-order valence-electron chi connectivity index (χ0n) is 11.7. The quantitative estimate of drug-likeness (QED) is 0.802. The molecule has 0 aliphatic heterocycles. The molecular weight excluding hydrogens is 266 g/mol. The summed E-state index contributed by atoms with van der Waals surface area (Å²) in [5, 5.41) is 14.2. The molecule has 4 nitrogen and oxygen atoms in total. The molecule has 0 unspecified atom stereocenters. The van der Waals surface area contributed by atoms with Crippen molar-refractivity contribution in [3.8, 4) is 0 Å². The number of carbonyl (C=O) groups is 2. The first kappa shape index (κ1) is 13.9. The van der Waals surface area contributed by atoms with E-state index < -0.39 is 17.8 Å². The van der Waals surface area contributed by atoms with Crippen LogP contribution >= 0.6 is 0 Å². The van der Waals surface area contributed by atoms with Gasteiger partial charge >= 0.3 is 0 Å². The fraction of sp³-hybridized carbons (Fsp3) is 0.412. The topological polar surface area (TPSA) is 69.2 Å². The van der Waals surface area contributed by atoms with Gasteiger partial charge in [0.1, 0.15) is 0 Å². The Balaban J connectivity index is 1.58. The zero-order chi connectivity index (χ0) is 14.8. The van der Waals surface area contributed by atoms with Gasteiger partial charge in [-0.15, -0.1) is 0 Å². The second-order valence-corrected chi connectivity index (χ2v) is 5.85. The van der Waals surface area contributed by atoms with Crippen LogP contribution in [0, 0.1) is 23.7 Å². The predicted molar refractivity (Wildman–Crippen MR) is 75.9 cm³/mol. The van der Waals surface area contributed by atoms with Crippen molar-refractivity contribution >= 4 is 11.9 Å². The number of carbonyl (C=O) groups excluding carboxylic acids is 2. The third-order valence-corrected chi connectivity index (χ3v) is 4.59. The minimum absolute atomic E-state index is 0.0372. The highest BCUT2D eigenvalue weighted by Gasteiger charge is 2.48. The summed E-state index contributed by atoms with van der Waals surface area (Å²) in [6, 6.07) is 9.90. The number of aliphatic carboxylic acids is 1. The number of allylic oxidation sites excluding steroid dienone is 2. The van der Waals surface area contributed by atoms with Gasteiger partial charge in [0.2, 0.25) is 5.91 Å². The van der Waals surface area contributed by atoms with Crippen LogP contribution in [0.3, 0.4) is 0 Å². The molecule has 1 aromatic carbocycles. The van der Waals surface area contributed by atoms with Crippen LogP contribution in [0.1, 0.15) is 12.0 Å². The minimum Gasteiger partial charge on any atom is -0.550 e. The molecule has 0 radical (unpaired) electrons. The lowest BCUT2D eigenvalue weighted by molar-refractivity contribution is -0.313. The average Bonchev–Trinajstić information content (AvgIpc) is 3.08. The number of carboxylic acids is 1. The average molecular weight is 284 g/mol. The molecule has 0 spiro atoms. The summed E-state index contributed by atoms with van der Waals surface area (Å²) >= 11 is 0. The van der Waals surface area contributed by atoms with Crippen LogP contribution in [-0.2, 0) is 16.0 Å². The maximum Gasteiger partial charge on any atom is 0.224 e. The van der Waals surface area contributed by atoms with E-state index in [2.05, 4.69) is 5.32 Å². The van der Waals surface area contributed by atoms with Gasteiger partial charge in [-0.1, -0.05) is 42.5 Å². The second kappa shape index (κ2) is 5.72. The van der Waals surface area contributed by atoms with Crippen molar-refractivity contribution < 1.29 is 14.7 Å². The smallest absolute Gasteiger partial charge is 0.224 e. The standard InChI is InChI=1S/C17H19NO3/c19-16(18-9-8-11-4-2-1-3-5-11)14-12-6-7-13(10-12)15(14)17(20)21/h1-7,12-15H,8-10H2,(H,18,19)(H,20,21)/p-1/t12-,13+,14+,15+/m0/s1. The van der Waals surface area contributed by atoms with E-state index >= 15 is 0 Å². The Labute approximate surface area is 123 Å². The van der Waals surface area contributed by atoms with Gasteiger partial charge < -0.3 is 15.2 Å². The van der Waals surface area contributed by atoms with Crippen molar-refractivity contribution in [1.82, 2.24) is 5.32 Å². The third-order valence-electron chi connectivity index (χ3n) is 4.59. The molecule has 2 aliphatic rings. The van der Waals surface area contributed by atoms with E-state index in [1.165, 1.54) is 0 Å². The molecule has 1 fully saturated rings. The van der Waals surface area contributed by atoms with Gasteiger partial charge in [-0.25, -0.2) is 0 Å². The Hall–Kier alpha value is -2.10. The van der Waals surface area contributed by atoms with E-state index in [-0.39, 0.29) is 17.7 Å². The summed E-state index contributed by atoms with van der Waals surface area (Å²) in [6.07, 6.45) is 5.40. The number of benzene rings is 1. The monoisotopic (exact) mass is 284 g/mol. The fourth-order valence-electron chi connectivity index (χ4n) is 3.59. The van der Waals surface area contributed by atoms with E-state index in [0.717, 1.165) is 18.4 Å². The Morgan fingerprint density at radius 1 is 1.10 bits per heavy atom. The first-order valence-electron chi connectivity index (χ1n) is 7.37. The molecule has 1 N–H and O–H groups in total. The first-order valence-corrected chi connectivity index (χ1v) is 7.37. The van der Waals surface area contributed by atoms with E-state index in [0.29, 0.717) is 6.54 Å². The Kier molecular flexibility index (Phi) is 3.78. The summed E-state index contributed by atoms with van der Waals surface area (Å²) in [4.78, 5) is 23.6. The van der Waals surface area contributed by atoms with Crippen molar-refractivity contribution in [2.24, 2.45) is 23.7 Å². The number of amides is 1. The van der Waals surface area contributed by atoms with Crippen molar-refractivity contribution in [2.45, 2.75) is 12.8 Å². The van der Waals surface area contributed by atoms with Crippen LogP contribution in [0.2, 0.25) is 0 Å². The molecule has 0 aromatic heterocycles. The van der Waals surface area contributed by atoms with Gasteiger partial charge in [-0.2, -0.15) is 0 Å². The van der Waals surface area contributed by atoms with Gasteiger partial charge in [0.25, 0.3) is 0 Å². The molecule has 2 bridgehead atoms. The molecule has 1 aromatic rings. The highest BCUT2D eigenvalue weighted by molar-refractivity contribution is 5.86. The molecular formula is C17H18NO3-. The third kappa shape index (κ3) is 2.71. The molecule has 1 saturated carbocycles. The van der Waals surface area contributed by atoms with Crippen LogP contribution < -0.4 is 10.4 Å². The highest BCUT2D eigenvalue weighted by Crippen LogP contribution is 2.47. The Bertz CT molecular complexity index is 567. The molecule has 3 rings (SSSR count). The Morgan fingerprint density at radius 3 is 2.43 bits per heavy atom. The molecule has 0 saturated heterocycles. The first-order chi connectivity index (χ1) is 10.2. The number of rotatable bonds is 5. The predicted octanol–water partition coefficient (Wildman–Crippen LogP) is 0.534. The van der Waals surface area contributed by atoms with Crippen LogP contribution in [0.4, 0.5) is 0 Å². The number of fused-ring (bicyclic) bond motifs is 2. The van der Waals surface area contributed by atoms with Gasteiger partial charge in [0, 0.05) is 18.4 Å². The molecule has 2 aliphatic carbocycles. The SMILES string of the molecule is O=C([O-])[C@H]1[C@H](C(=O)NCCc2ccccc2)[C@H]2C=C[C@@H]1C2. The summed E-state index contributed by atoms with van der Waals surface area (Å²) in [5.41, 5.74) is 1.15. The van der Waals surface area contributed by atoms with Gasteiger partial charge in [0.15, 0.2) is 0 Å². The van der Waals surface area contributed by atoms with Crippen LogP contribution in [0.15, 0.2) is 42.5 Å². The van der Waals surface area contributed by atoms with Crippen molar-refractivity contribution in [3.05, 3.63) is 48.0 Å². The maximum absolute atomic E-state index is 12.3. The van der Waals surface area contributed by atoms with Crippen molar-refractivity contribution in [1.29, 1.82) is 0 Å². The number of hydrogen-bond donors (Lipinski definition) is 1. The summed E-state index contributed by atoms with van der Waals surface area (Å²) in [7, 11) is 0. The number of nitrogens with one attached hydrogen (secondary N) is 1. The lowest BCUT2D eigenvalue weighted by Crippen LogP contribution is -2.45. The van der Waals surface area contributed by atoms with E-state index in [1.54, 1.807) is 0 Å². The highest BCUT2D eigenvalue weighted by atomic mass is 16.4. The largest absolute Gasteiger partial charge is 0.550 e. The van der Waals surface area contributed by atoms with Gasteiger partial charge in [0.05, 0.1) is 5.92 Å². The van der Waals surface area contributed by atoms with E-state index in [9.17, 15) is 14.7 Å². The van der Waals surface area contributed by atoms with E-state index in [1.807, 2.05) is 42.5 Å². The van der Waals surface area contributed by atoms with Gasteiger partial charge in [-0.3, -0.25) is 4.79 Å². The molecule has 0 heterocycles. The maximum atomic E-state index is 12.3. The summed E-state index contributed by atoms with van der Waals surface area (Å²) in [5.74, 6) is -2.39. The molecule has 21 heavy (non-hydrogen) atoms. The number of hydrogen-bond acceptors (Lipinski definition) is 3.